The number of anilines is 2. The van der Waals surface area contributed by atoms with Crippen molar-refractivity contribution < 1.29 is 4.79 Å². The summed E-state index contributed by atoms with van der Waals surface area (Å²) in [7, 11) is 2.03. The van der Waals surface area contributed by atoms with Gasteiger partial charge in [0, 0.05) is 43.8 Å². The molecule has 4 saturated carbocycles. The van der Waals surface area contributed by atoms with Gasteiger partial charge in [-0.05, 0) is 98.1 Å². The molecule has 2 heterocycles. The lowest BCUT2D eigenvalue weighted by atomic mass is 9.49. The zero-order chi connectivity index (χ0) is 23.8. The molecule has 3 N–H and O–H groups in total. The molecule has 4 bridgehead atoms. The highest BCUT2D eigenvalue weighted by Gasteiger charge is 2.51. The number of aromatic nitrogens is 2. The number of hydrogen-bond acceptors (Lipinski definition) is 4. The van der Waals surface area contributed by atoms with Crippen LogP contribution in [0, 0.1) is 29.7 Å². The maximum Gasteiger partial charge on any atom is 0.224 e. The van der Waals surface area contributed by atoms with Crippen molar-refractivity contribution >= 4 is 28.3 Å². The molecule has 6 nitrogen and oxygen atoms in total. The topological polar surface area (TPSA) is 71.0 Å². The van der Waals surface area contributed by atoms with Gasteiger partial charge in [0.2, 0.25) is 5.91 Å². The fourth-order valence-electron chi connectivity index (χ4n) is 7.47. The standard InChI is InChI=1S/C29H36N5O/c1-34-11-3-4-23(34)19-30-9-10-31-27-8-7-24-25(32-27)5-2-6-26(24)33-28(35)18-29-15-20-12-21(16-29)14-22(13-20)17-29/h2-8,11,19-22,30H,9-10,12-18H2,1H3,(H,31,32)(H,33,35). The van der Waals surface area contributed by atoms with E-state index in [1.165, 1.54) is 38.5 Å². The average Bonchev–Trinajstić information content (AvgIpc) is 3.22. The highest BCUT2D eigenvalue weighted by Crippen LogP contribution is 2.61. The van der Waals surface area contributed by atoms with Crippen molar-refractivity contribution in [3.63, 3.8) is 0 Å². The van der Waals surface area contributed by atoms with Crippen LogP contribution in [0.4, 0.5) is 11.5 Å². The van der Waals surface area contributed by atoms with Crippen LogP contribution in [0.5, 0.6) is 0 Å². The van der Waals surface area contributed by atoms with E-state index in [-0.39, 0.29) is 11.3 Å². The number of benzene rings is 1. The van der Waals surface area contributed by atoms with E-state index >= 15 is 0 Å². The minimum atomic E-state index is 0.169. The molecule has 4 aliphatic carbocycles. The van der Waals surface area contributed by atoms with Gasteiger partial charge >= 0.3 is 0 Å². The number of pyridine rings is 1. The number of fused-ring (bicyclic) bond motifs is 1. The summed E-state index contributed by atoms with van der Waals surface area (Å²) in [6, 6.07) is 14.2. The Kier molecular flexibility index (Phi) is 6.01. The van der Waals surface area contributed by atoms with E-state index < -0.39 is 0 Å². The van der Waals surface area contributed by atoms with Crippen LogP contribution in [0.25, 0.3) is 10.9 Å². The first kappa shape index (κ1) is 22.6. The molecule has 1 radical (unpaired) electrons. The largest absolute Gasteiger partial charge is 0.369 e. The maximum absolute atomic E-state index is 13.2. The highest BCUT2D eigenvalue weighted by molar-refractivity contribution is 6.01. The normalized spacial score (nSPS) is 26.8. The summed E-state index contributed by atoms with van der Waals surface area (Å²) in [4.78, 5) is 17.9. The molecule has 3 aromatic rings. The second kappa shape index (κ2) is 9.30. The number of amides is 1. The molecule has 0 aliphatic heterocycles. The van der Waals surface area contributed by atoms with Crippen molar-refractivity contribution in [2.24, 2.45) is 30.2 Å². The lowest BCUT2D eigenvalue weighted by molar-refractivity contribution is -0.124. The Morgan fingerprint density at radius 3 is 2.51 bits per heavy atom. The molecular weight excluding hydrogens is 434 g/mol. The van der Waals surface area contributed by atoms with Gasteiger partial charge in [0.1, 0.15) is 5.82 Å². The molecule has 0 spiro atoms. The maximum atomic E-state index is 13.2. The van der Waals surface area contributed by atoms with Crippen LogP contribution >= 0.6 is 0 Å². The van der Waals surface area contributed by atoms with Crippen molar-refractivity contribution in [1.82, 2.24) is 14.9 Å². The summed E-state index contributed by atoms with van der Waals surface area (Å²) < 4.78 is 2.07. The van der Waals surface area contributed by atoms with E-state index in [2.05, 4.69) is 32.7 Å². The molecule has 1 aromatic carbocycles. The van der Waals surface area contributed by atoms with Crippen molar-refractivity contribution in [2.45, 2.75) is 44.9 Å². The zero-order valence-corrected chi connectivity index (χ0v) is 20.6. The fourth-order valence-corrected chi connectivity index (χ4v) is 7.47. The predicted molar refractivity (Wildman–Crippen MR) is 141 cm³/mol. The average molecular weight is 471 g/mol. The molecule has 1 amide bonds. The van der Waals surface area contributed by atoms with Crippen molar-refractivity contribution in [2.75, 3.05) is 23.7 Å². The summed E-state index contributed by atoms with van der Waals surface area (Å²) in [5, 5.41) is 11.0. The summed E-state index contributed by atoms with van der Waals surface area (Å²) in [6.07, 6.45) is 10.7. The molecule has 2 aromatic heterocycles. The van der Waals surface area contributed by atoms with Crippen LogP contribution in [0.3, 0.4) is 0 Å². The number of carbonyl (C=O) groups is 1. The molecule has 0 unspecified atom stereocenters. The summed E-state index contributed by atoms with van der Waals surface area (Å²) in [5.74, 6) is 3.62. The van der Waals surface area contributed by atoms with E-state index in [9.17, 15) is 4.79 Å². The first-order valence-corrected chi connectivity index (χ1v) is 13.2. The van der Waals surface area contributed by atoms with E-state index in [4.69, 9.17) is 4.98 Å². The monoisotopic (exact) mass is 470 g/mol. The SMILES string of the molecule is Cn1cccc1[CH]NCCNc1ccc2c(NC(=O)CC34CC5CC(CC(C5)C3)C4)cccc2n1. The van der Waals surface area contributed by atoms with Crippen molar-refractivity contribution in [3.8, 4) is 0 Å². The van der Waals surface area contributed by atoms with E-state index in [1.807, 2.05) is 50.1 Å². The van der Waals surface area contributed by atoms with Gasteiger partial charge in [-0.1, -0.05) is 6.07 Å². The van der Waals surface area contributed by atoms with Crippen molar-refractivity contribution in [3.05, 3.63) is 60.9 Å². The molecule has 0 saturated heterocycles. The van der Waals surface area contributed by atoms with Crippen molar-refractivity contribution in [1.29, 1.82) is 0 Å². The van der Waals surface area contributed by atoms with Crippen LogP contribution in [-0.2, 0) is 11.8 Å². The summed E-state index contributed by atoms with van der Waals surface area (Å²) in [6.45, 7) is 3.58. The second-order valence-corrected chi connectivity index (χ2v) is 11.3. The van der Waals surface area contributed by atoms with E-state index in [1.54, 1.807) is 0 Å². The number of aryl methyl sites for hydroxylation is 1. The Morgan fingerprint density at radius 2 is 1.80 bits per heavy atom. The Hall–Kier alpha value is -2.86. The molecule has 4 fully saturated rings. The van der Waals surface area contributed by atoms with Crippen LogP contribution < -0.4 is 16.0 Å². The molecule has 35 heavy (non-hydrogen) atoms. The van der Waals surface area contributed by atoms with Gasteiger partial charge in [0.05, 0.1) is 17.7 Å². The third-order valence-corrected chi connectivity index (χ3v) is 8.52. The number of rotatable bonds is 9. The minimum absolute atomic E-state index is 0.169. The van der Waals surface area contributed by atoms with Crippen LogP contribution in [0.15, 0.2) is 48.7 Å². The third-order valence-electron chi connectivity index (χ3n) is 8.52. The number of nitrogens with one attached hydrogen (secondary N) is 3. The predicted octanol–water partition coefficient (Wildman–Crippen LogP) is 5.33. The first-order valence-electron chi connectivity index (χ1n) is 13.2. The van der Waals surface area contributed by atoms with Crippen LogP contribution in [0.2, 0.25) is 0 Å². The van der Waals surface area contributed by atoms with Crippen LogP contribution in [-0.4, -0.2) is 28.5 Å². The molecule has 7 rings (SSSR count). The molecule has 4 aliphatic rings. The summed E-state index contributed by atoms with van der Waals surface area (Å²) in [5.41, 5.74) is 3.16. The van der Waals surface area contributed by atoms with Gasteiger partial charge in [-0.25, -0.2) is 4.98 Å². The lowest BCUT2D eigenvalue weighted by Gasteiger charge is -2.56. The highest BCUT2D eigenvalue weighted by atomic mass is 16.1. The zero-order valence-electron chi connectivity index (χ0n) is 20.6. The molecule has 0 atom stereocenters. The molecule has 6 heteroatoms. The van der Waals surface area contributed by atoms with Crippen LogP contribution in [0.1, 0.15) is 50.6 Å². The Morgan fingerprint density at radius 1 is 1.03 bits per heavy atom. The van der Waals surface area contributed by atoms with Gasteiger partial charge < -0.3 is 20.5 Å². The Bertz CT molecular complexity index is 1180. The lowest BCUT2D eigenvalue weighted by Crippen LogP contribution is -2.47. The Labute approximate surface area is 207 Å². The second-order valence-electron chi connectivity index (χ2n) is 11.3. The summed E-state index contributed by atoms with van der Waals surface area (Å²) >= 11 is 0. The number of nitrogens with zero attached hydrogens (tertiary/aromatic N) is 2. The smallest absolute Gasteiger partial charge is 0.224 e. The van der Waals surface area contributed by atoms with E-state index in [0.717, 1.165) is 58.9 Å². The Balaban J connectivity index is 1.05. The number of hydrogen-bond donors (Lipinski definition) is 3. The first-order chi connectivity index (χ1) is 17.1. The van der Waals surface area contributed by atoms with Gasteiger partial charge in [-0.3, -0.25) is 4.79 Å². The van der Waals surface area contributed by atoms with Gasteiger partial charge in [-0.2, -0.15) is 0 Å². The van der Waals surface area contributed by atoms with Gasteiger partial charge in [-0.15, -0.1) is 0 Å². The minimum Gasteiger partial charge on any atom is -0.369 e. The number of carbonyl (C=O) groups excluding carboxylic acids is 1. The molecule has 183 valence electrons. The van der Waals surface area contributed by atoms with Gasteiger partial charge in [0.25, 0.3) is 0 Å². The fraction of sp³-hybridized carbons (Fsp3) is 0.483. The third kappa shape index (κ3) is 4.81. The van der Waals surface area contributed by atoms with E-state index in [0.29, 0.717) is 6.42 Å². The van der Waals surface area contributed by atoms with Gasteiger partial charge in [0.15, 0.2) is 0 Å². The quantitative estimate of drug-likeness (QED) is 0.370. The molecular formula is C29H36N5O.